The predicted molar refractivity (Wildman–Crippen MR) is 80.8 cm³/mol. The average molecular weight is 324 g/mol. The fourth-order valence-corrected chi connectivity index (χ4v) is 2.90. The topological polar surface area (TPSA) is 34.0 Å². The third-order valence-electron chi connectivity index (χ3n) is 4.30. The smallest absolute Gasteiger partial charge is 0.299 e. The van der Waals surface area contributed by atoms with Crippen molar-refractivity contribution >= 4 is 0 Å². The molecule has 0 amide bonds. The number of likely N-dealkylation sites (tertiary alicyclic amines) is 1. The number of aromatic nitrogens is 3. The summed E-state index contributed by atoms with van der Waals surface area (Å²) in [6.07, 6.45) is -1.64. The highest BCUT2D eigenvalue weighted by molar-refractivity contribution is 5.59. The van der Waals surface area contributed by atoms with E-state index in [0.717, 1.165) is 31.6 Å². The third kappa shape index (κ3) is 3.39. The van der Waals surface area contributed by atoms with Gasteiger partial charge in [-0.25, -0.2) is 4.68 Å². The highest BCUT2D eigenvalue weighted by Crippen LogP contribution is 2.32. The Hall–Kier alpha value is -1.89. The van der Waals surface area contributed by atoms with Crippen LogP contribution in [0.4, 0.5) is 13.2 Å². The lowest BCUT2D eigenvalue weighted by molar-refractivity contribution is -0.137. The van der Waals surface area contributed by atoms with Crippen LogP contribution in [0.25, 0.3) is 11.3 Å². The Morgan fingerprint density at radius 3 is 2.70 bits per heavy atom. The minimum atomic E-state index is -4.35. The predicted octanol–water partition coefficient (Wildman–Crippen LogP) is 3.62. The van der Waals surface area contributed by atoms with Gasteiger partial charge in [-0.1, -0.05) is 17.3 Å². The van der Waals surface area contributed by atoms with Crippen LogP contribution in [0.2, 0.25) is 0 Å². The molecule has 2 heterocycles. The minimum absolute atomic E-state index is 0.226. The summed E-state index contributed by atoms with van der Waals surface area (Å²) in [4.78, 5) is 2.36. The molecule has 0 spiro atoms. The zero-order chi connectivity index (χ0) is 16.6. The Morgan fingerprint density at radius 1 is 1.26 bits per heavy atom. The van der Waals surface area contributed by atoms with Crippen molar-refractivity contribution in [3.8, 4) is 11.3 Å². The van der Waals surface area contributed by atoms with Crippen molar-refractivity contribution in [2.24, 2.45) is 0 Å². The lowest BCUT2D eigenvalue weighted by Gasteiger charge is -2.19. The molecule has 1 aromatic carbocycles. The van der Waals surface area contributed by atoms with E-state index in [-0.39, 0.29) is 6.04 Å². The van der Waals surface area contributed by atoms with Crippen LogP contribution in [0.1, 0.15) is 31.9 Å². The summed E-state index contributed by atoms with van der Waals surface area (Å²) in [5, 5.41) is 8.17. The monoisotopic (exact) mass is 324 g/mol. The second-order valence-corrected chi connectivity index (χ2v) is 6.19. The van der Waals surface area contributed by atoms with Gasteiger partial charge in [0.25, 0.3) is 0 Å². The molecular weight excluding hydrogens is 305 g/mol. The van der Waals surface area contributed by atoms with Crippen LogP contribution in [0.3, 0.4) is 0 Å². The van der Waals surface area contributed by atoms with Gasteiger partial charge < -0.3 is 0 Å². The maximum Gasteiger partial charge on any atom is 0.416 e. The molecule has 0 saturated carbocycles. The quantitative estimate of drug-likeness (QED) is 0.865. The highest BCUT2D eigenvalue weighted by Gasteiger charge is 2.31. The molecule has 0 N–H and O–H groups in total. The summed E-state index contributed by atoms with van der Waals surface area (Å²) in [5.41, 5.74) is 0.236. The average Bonchev–Trinajstić information content (AvgIpc) is 3.15. The summed E-state index contributed by atoms with van der Waals surface area (Å²) in [5.74, 6) is 0. The second kappa shape index (κ2) is 5.96. The number of alkyl halides is 3. The molecule has 1 aromatic heterocycles. The first kappa shape index (κ1) is 16.0. The summed E-state index contributed by atoms with van der Waals surface area (Å²) in [6.45, 7) is 6.19. The van der Waals surface area contributed by atoms with Crippen molar-refractivity contribution in [1.29, 1.82) is 0 Å². The van der Waals surface area contributed by atoms with E-state index in [1.54, 1.807) is 16.9 Å². The van der Waals surface area contributed by atoms with Gasteiger partial charge in [0.1, 0.15) is 5.69 Å². The van der Waals surface area contributed by atoms with Crippen molar-refractivity contribution in [1.82, 2.24) is 19.9 Å². The molecule has 124 valence electrons. The molecule has 3 rings (SSSR count). The Kier molecular flexibility index (Phi) is 4.14. The Balaban J connectivity index is 1.80. The maximum absolute atomic E-state index is 12.8. The van der Waals surface area contributed by atoms with E-state index in [0.29, 0.717) is 17.3 Å². The van der Waals surface area contributed by atoms with Gasteiger partial charge in [0.2, 0.25) is 0 Å². The van der Waals surface area contributed by atoms with Gasteiger partial charge in [-0.3, -0.25) is 4.90 Å². The highest BCUT2D eigenvalue weighted by atomic mass is 19.4. The molecule has 0 aliphatic carbocycles. The van der Waals surface area contributed by atoms with Crippen LogP contribution in [-0.2, 0) is 6.18 Å². The number of benzene rings is 1. The normalized spacial score (nSPS) is 19.7. The van der Waals surface area contributed by atoms with Gasteiger partial charge >= 0.3 is 6.18 Å². The van der Waals surface area contributed by atoms with Crippen molar-refractivity contribution in [2.45, 2.75) is 38.5 Å². The van der Waals surface area contributed by atoms with Crippen LogP contribution in [-0.4, -0.2) is 39.0 Å². The molecular formula is C16H19F3N4. The van der Waals surface area contributed by atoms with Gasteiger partial charge in [-0.2, -0.15) is 13.2 Å². The molecule has 23 heavy (non-hydrogen) atoms. The van der Waals surface area contributed by atoms with Crippen molar-refractivity contribution in [3.05, 3.63) is 36.0 Å². The minimum Gasteiger partial charge on any atom is -0.299 e. The van der Waals surface area contributed by atoms with Gasteiger partial charge in [-0.05, 0) is 32.4 Å². The Labute approximate surface area is 132 Å². The SMILES string of the molecule is CC(C)N1CCC(n2cc(-c3cccc(C(F)(F)F)c3)nn2)C1. The van der Waals surface area contributed by atoms with E-state index in [4.69, 9.17) is 0 Å². The van der Waals surface area contributed by atoms with Crippen molar-refractivity contribution in [2.75, 3.05) is 13.1 Å². The number of hydrogen-bond acceptors (Lipinski definition) is 3. The Morgan fingerprint density at radius 2 is 2.04 bits per heavy atom. The second-order valence-electron chi connectivity index (χ2n) is 6.19. The molecule has 1 unspecified atom stereocenters. The summed E-state index contributed by atoms with van der Waals surface area (Å²) < 4.78 is 40.2. The zero-order valence-electron chi connectivity index (χ0n) is 13.1. The lowest BCUT2D eigenvalue weighted by Crippen LogP contribution is -2.28. The first-order chi connectivity index (χ1) is 10.8. The van der Waals surface area contributed by atoms with Crippen LogP contribution in [0.5, 0.6) is 0 Å². The van der Waals surface area contributed by atoms with Gasteiger partial charge in [0.15, 0.2) is 0 Å². The number of rotatable bonds is 3. The van der Waals surface area contributed by atoms with E-state index in [1.807, 2.05) is 0 Å². The van der Waals surface area contributed by atoms with E-state index in [9.17, 15) is 13.2 Å². The largest absolute Gasteiger partial charge is 0.416 e. The molecule has 7 heteroatoms. The fraction of sp³-hybridized carbons (Fsp3) is 0.500. The van der Waals surface area contributed by atoms with Crippen LogP contribution >= 0.6 is 0 Å². The lowest BCUT2D eigenvalue weighted by atomic mass is 10.1. The van der Waals surface area contributed by atoms with Crippen LogP contribution in [0, 0.1) is 0 Å². The standard InChI is InChI=1S/C16H19F3N4/c1-11(2)22-7-6-14(9-22)23-10-15(20-21-23)12-4-3-5-13(8-12)16(17,18)19/h3-5,8,10-11,14H,6-7,9H2,1-2H3. The van der Waals surface area contributed by atoms with Gasteiger partial charge in [-0.15, -0.1) is 5.10 Å². The molecule has 2 aromatic rings. The molecule has 0 bridgehead atoms. The van der Waals surface area contributed by atoms with Crippen LogP contribution < -0.4 is 0 Å². The molecule has 1 aliphatic rings. The van der Waals surface area contributed by atoms with Gasteiger partial charge in [0.05, 0.1) is 17.8 Å². The first-order valence-corrected chi connectivity index (χ1v) is 7.68. The molecule has 4 nitrogen and oxygen atoms in total. The van der Waals surface area contributed by atoms with E-state index in [2.05, 4.69) is 29.1 Å². The molecule has 1 saturated heterocycles. The fourth-order valence-electron chi connectivity index (χ4n) is 2.90. The molecule has 0 radical (unpaired) electrons. The molecule has 1 atom stereocenters. The van der Waals surface area contributed by atoms with Crippen LogP contribution in [0.15, 0.2) is 30.5 Å². The summed E-state index contributed by atoms with van der Waals surface area (Å²) in [6, 6.07) is 5.90. The maximum atomic E-state index is 12.8. The first-order valence-electron chi connectivity index (χ1n) is 7.68. The third-order valence-corrected chi connectivity index (χ3v) is 4.30. The number of halogens is 3. The van der Waals surface area contributed by atoms with Crippen molar-refractivity contribution in [3.63, 3.8) is 0 Å². The van der Waals surface area contributed by atoms with E-state index < -0.39 is 11.7 Å². The molecule has 1 fully saturated rings. The number of hydrogen-bond donors (Lipinski definition) is 0. The summed E-state index contributed by atoms with van der Waals surface area (Å²) >= 11 is 0. The van der Waals surface area contributed by atoms with Gasteiger partial charge in [0, 0.05) is 24.7 Å². The Bertz CT molecular complexity index is 678. The van der Waals surface area contributed by atoms with E-state index in [1.165, 1.54) is 6.07 Å². The van der Waals surface area contributed by atoms with Crippen molar-refractivity contribution < 1.29 is 13.2 Å². The number of nitrogens with zero attached hydrogens (tertiary/aromatic N) is 4. The summed E-state index contributed by atoms with van der Waals surface area (Å²) in [7, 11) is 0. The van der Waals surface area contributed by atoms with E-state index >= 15 is 0 Å². The molecule has 1 aliphatic heterocycles. The zero-order valence-corrected chi connectivity index (χ0v) is 13.1.